The molecule has 33 heavy (non-hydrogen) atoms. The van der Waals surface area contributed by atoms with Crippen molar-refractivity contribution in [1.29, 1.82) is 0 Å². The highest BCUT2D eigenvalue weighted by Crippen LogP contribution is 2.33. The predicted octanol–water partition coefficient (Wildman–Crippen LogP) is 4.72. The number of thiazole rings is 1. The zero-order valence-corrected chi connectivity index (χ0v) is 19.4. The maximum absolute atomic E-state index is 13.3. The largest absolute Gasteiger partial charge is 0.497 e. The number of morpholine rings is 1. The number of rotatable bonds is 6. The number of amides is 1. The average Bonchev–Trinajstić information content (AvgIpc) is 3.22. The molecular formula is C22H23ClF3N3O3S. The van der Waals surface area contributed by atoms with E-state index in [1.807, 2.05) is 12.1 Å². The molecule has 11 heteroatoms. The third kappa shape index (κ3) is 5.94. The lowest BCUT2D eigenvalue weighted by Crippen LogP contribution is -2.43. The number of methoxy groups -OCH3 is 1. The van der Waals surface area contributed by atoms with Gasteiger partial charge in [-0.1, -0.05) is 11.3 Å². The van der Waals surface area contributed by atoms with E-state index in [1.165, 1.54) is 28.4 Å². The summed E-state index contributed by atoms with van der Waals surface area (Å²) in [5, 5.41) is 0.492. The van der Waals surface area contributed by atoms with E-state index in [0.717, 1.165) is 29.9 Å². The number of ether oxygens (including phenoxy) is 2. The minimum Gasteiger partial charge on any atom is -0.497 e. The molecule has 0 saturated carbocycles. The number of carbonyl (C=O) groups is 1. The summed E-state index contributed by atoms with van der Waals surface area (Å²) >= 11 is 1.36. The lowest BCUT2D eigenvalue weighted by molar-refractivity contribution is -0.137. The lowest BCUT2D eigenvalue weighted by atomic mass is 10.1. The highest BCUT2D eigenvalue weighted by Gasteiger charge is 2.31. The van der Waals surface area contributed by atoms with E-state index in [1.54, 1.807) is 13.2 Å². The number of fused-ring (bicyclic) bond motifs is 1. The average molecular weight is 502 g/mol. The summed E-state index contributed by atoms with van der Waals surface area (Å²) in [6.45, 7) is 3.76. The molecule has 0 bridgehead atoms. The van der Waals surface area contributed by atoms with Crippen molar-refractivity contribution in [3.8, 4) is 5.75 Å². The molecule has 0 radical (unpaired) electrons. The molecule has 2 aromatic carbocycles. The summed E-state index contributed by atoms with van der Waals surface area (Å²) in [7, 11) is 1.57. The summed E-state index contributed by atoms with van der Waals surface area (Å²) in [5.41, 5.74) is 0.0822. The van der Waals surface area contributed by atoms with Crippen molar-refractivity contribution in [2.24, 2.45) is 0 Å². The maximum atomic E-state index is 13.3. The van der Waals surface area contributed by atoms with Crippen LogP contribution in [-0.2, 0) is 10.9 Å². The van der Waals surface area contributed by atoms with Gasteiger partial charge < -0.3 is 9.47 Å². The number of nitrogens with zero attached hydrogens (tertiary/aromatic N) is 3. The van der Waals surface area contributed by atoms with Crippen molar-refractivity contribution in [1.82, 2.24) is 9.88 Å². The van der Waals surface area contributed by atoms with Gasteiger partial charge in [0, 0.05) is 37.8 Å². The molecule has 0 aliphatic carbocycles. The molecule has 1 aliphatic heterocycles. The quantitative estimate of drug-likeness (QED) is 0.489. The van der Waals surface area contributed by atoms with Crippen molar-refractivity contribution in [2.75, 3.05) is 51.4 Å². The van der Waals surface area contributed by atoms with E-state index in [9.17, 15) is 18.0 Å². The van der Waals surface area contributed by atoms with Crippen molar-refractivity contribution in [2.45, 2.75) is 6.18 Å². The second kappa shape index (κ2) is 10.7. The van der Waals surface area contributed by atoms with E-state index in [0.29, 0.717) is 42.7 Å². The number of anilines is 1. The van der Waals surface area contributed by atoms with Crippen molar-refractivity contribution in [3.05, 3.63) is 53.6 Å². The third-order valence-electron chi connectivity index (χ3n) is 5.26. The number of alkyl halides is 3. The van der Waals surface area contributed by atoms with Crippen LogP contribution < -0.4 is 9.64 Å². The Morgan fingerprint density at radius 2 is 1.88 bits per heavy atom. The second-order valence-electron chi connectivity index (χ2n) is 7.32. The van der Waals surface area contributed by atoms with E-state index in [-0.39, 0.29) is 18.0 Å². The molecule has 1 aromatic heterocycles. The molecule has 1 fully saturated rings. The summed E-state index contributed by atoms with van der Waals surface area (Å²) in [4.78, 5) is 21.7. The molecule has 0 N–H and O–H groups in total. The van der Waals surface area contributed by atoms with Crippen molar-refractivity contribution >= 4 is 45.0 Å². The number of hydrogen-bond donors (Lipinski definition) is 0. The molecule has 4 rings (SSSR count). The Labute approximate surface area is 199 Å². The van der Waals surface area contributed by atoms with Gasteiger partial charge in [0.05, 0.1) is 36.1 Å². The molecule has 0 atom stereocenters. The molecule has 1 aliphatic rings. The number of carbonyl (C=O) groups excluding carboxylic acids is 1. The van der Waals surface area contributed by atoms with E-state index in [2.05, 4.69) is 9.88 Å². The van der Waals surface area contributed by atoms with Gasteiger partial charge >= 0.3 is 6.18 Å². The second-order valence-corrected chi connectivity index (χ2v) is 8.33. The van der Waals surface area contributed by atoms with Crippen LogP contribution in [0.3, 0.4) is 0 Å². The summed E-state index contributed by atoms with van der Waals surface area (Å²) < 4.78 is 50.3. The van der Waals surface area contributed by atoms with Crippen molar-refractivity contribution < 1.29 is 27.4 Å². The number of benzene rings is 2. The first-order valence-electron chi connectivity index (χ1n) is 10.1. The SMILES string of the molecule is COc1ccc2sc(N(CCN3CCOCC3)C(=O)c3ccc(C(F)(F)F)cc3)nc2c1.Cl. The highest BCUT2D eigenvalue weighted by atomic mass is 35.5. The van der Waals surface area contributed by atoms with Crippen LogP contribution in [0.15, 0.2) is 42.5 Å². The molecule has 2 heterocycles. The van der Waals surface area contributed by atoms with Crippen LogP contribution in [0.1, 0.15) is 15.9 Å². The van der Waals surface area contributed by atoms with Gasteiger partial charge in [0.15, 0.2) is 5.13 Å². The standard InChI is InChI=1S/C22H22F3N3O3S.ClH/c1-30-17-6-7-19-18(14-17)26-21(32-19)28(9-8-27-10-12-31-13-11-27)20(29)15-2-4-16(5-3-15)22(23,24)25;/h2-7,14H,8-13H2,1H3;1H. The Balaban J connectivity index is 0.00000306. The smallest absolute Gasteiger partial charge is 0.416 e. The van der Waals surface area contributed by atoms with Crippen LogP contribution in [0.5, 0.6) is 5.75 Å². The van der Waals surface area contributed by atoms with Gasteiger partial charge in [-0.15, -0.1) is 12.4 Å². The van der Waals surface area contributed by atoms with Crippen LogP contribution in [0.4, 0.5) is 18.3 Å². The van der Waals surface area contributed by atoms with Crippen LogP contribution in [-0.4, -0.2) is 62.3 Å². The van der Waals surface area contributed by atoms with Gasteiger partial charge in [0.25, 0.3) is 5.91 Å². The molecule has 6 nitrogen and oxygen atoms in total. The van der Waals surface area contributed by atoms with E-state index < -0.39 is 17.6 Å². The fourth-order valence-corrected chi connectivity index (χ4v) is 4.42. The Hall–Kier alpha value is -2.40. The first kappa shape index (κ1) is 25.2. The van der Waals surface area contributed by atoms with Gasteiger partial charge in [-0.2, -0.15) is 13.2 Å². The highest BCUT2D eigenvalue weighted by molar-refractivity contribution is 7.22. The summed E-state index contributed by atoms with van der Waals surface area (Å²) in [6, 6.07) is 9.76. The monoisotopic (exact) mass is 501 g/mol. The number of hydrogen-bond acceptors (Lipinski definition) is 6. The summed E-state index contributed by atoms with van der Waals surface area (Å²) in [6.07, 6.45) is -4.45. The van der Waals surface area contributed by atoms with Gasteiger partial charge in [0.2, 0.25) is 0 Å². The number of aromatic nitrogens is 1. The van der Waals surface area contributed by atoms with Gasteiger partial charge in [0.1, 0.15) is 5.75 Å². The fraction of sp³-hybridized carbons (Fsp3) is 0.364. The molecule has 178 valence electrons. The topological polar surface area (TPSA) is 54.9 Å². The Morgan fingerprint density at radius 1 is 1.18 bits per heavy atom. The first-order chi connectivity index (χ1) is 15.3. The first-order valence-corrected chi connectivity index (χ1v) is 10.9. The van der Waals surface area contributed by atoms with Crippen LogP contribution in [0.25, 0.3) is 10.2 Å². The third-order valence-corrected chi connectivity index (χ3v) is 6.32. The van der Waals surface area contributed by atoms with Crippen LogP contribution in [0.2, 0.25) is 0 Å². The van der Waals surface area contributed by atoms with Gasteiger partial charge in [-0.25, -0.2) is 4.98 Å². The molecular weight excluding hydrogens is 479 g/mol. The van der Waals surface area contributed by atoms with Crippen LogP contribution in [0, 0.1) is 0 Å². The minimum atomic E-state index is -4.45. The van der Waals surface area contributed by atoms with Gasteiger partial charge in [-0.3, -0.25) is 14.6 Å². The molecule has 0 unspecified atom stereocenters. The molecule has 0 spiro atoms. The van der Waals surface area contributed by atoms with Gasteiger partial charge in [-0.05, 0) is 36.4 Å². The maximum Gasteiger partial charge on any atom is 0.416 e. The normalized spacial score (nSPS) is 14.7. The Kier molecular flexibility index (Phi) is 8.17. The summed E-state index contributed by atoms with van der Waals surface area (Å²) in [5.74, 6) is 0.265. The zero-order valence-electron chi connectivity index (χ0n) is 17.8. The van der Waals surface area contributed by atoms with E-state index in [4.69, 9.17) is 9.47 Å². The van der Waals surface area contributed by atoms with Crippen LogP contribution >= 0.6 is 23.7 Å². The minimum absolute atomic E-state index is 0. The predicted molar refractivity (Wildman–Crippen MR) is 124 cm³/mol. The Morgan fingerprint density at radius 3 is 2.52 bits per heavy atom. The van der Waals surface area contributed by atoms with Crippen molar-refractivity contribution in [3.63, 3.8) is 0 Å². The molecule has 1 amide bonds. The number of halogens is 4. The lowest BCUT2D eigenvalue weighted by Gasteiger charge is -2.29. The molecule has 3 aromatic rings. The Bertz CT molecular complexity index is 1090. The molecule has 1 saturated heterocycles. The van der Waals surface area contributed by atoms with E-state index >= 15 is 0 Å². The zero-order chi connectivity index (χ0) is 22.7. The fourth-order valence-electron chi connectivity index (χ4n) is 3.45.